The van der Waals surface area contributed by atoms with Gasteiger partial charge in [-0.25, -0.2) is 0 Å². The standard InChI is InChI=1S/C23H28ClN3O6/c1-12-8-14(26-13-4-6-27(7-5-13)11-18(25)29)9-17(28)23(12)22(30)19-15(31-2)10-16(32-3)20(24)21(19)33-23/h9-10,12-13,26H,4-8,11H2,1-3H3,(H2,25,29)/t12-,23+/m1/s1. The van der Waals surface area contributed by atoms with Crippen LogP contribution in [0.15, 0.2) is 17.8 Å². The second-order valence-corrected chi connectivity index (χ2v) is 9.14. The zero-order valence-electron chi connectivity index (χ0n) is 18.9. The Kier molecular flexibility index (Phi) is 6.28. The molecule has 1 aliphatic carbocycles. The van der Waals surface area contributed by atoms with E-state index in [-0.39, 0.29) is 40.6 Å². The zero-order valence-corrected chi connectivity index (χ0v) is 19.7. The molecular weight excluding hydrogens is 450 g/mol. The van der Waals surface area contributed by atoms with Crippen molar-refractivity contribution in [2.75, 3.05) is 33.9 Å². The summed E-state index contributed by atoms with van der Waals surface area (Å²) in [6, 6.07) is 1.69. The molecule has 0 bridgehead atoms. The number of amides is 1. The summed E-state index contributed by atoms with van der Waals surface area (Å²) in [5.41, 5.74) is 4.53. The third-order valence-electron chi connectivity index (χ3n) is 6.67. The molecule has 2 aliphatic heterocycles. The molecule has 0 aromatic heterocycles. The Hall–Kier alpha value is -2.78. The highest BCUT2D eigenvalue weighted by molar-refractivity contribution is 6.36. The number of likely N-dealkylation sites (tertiary alicyclic amines) is 1. The highest BCUT2D eigenvalue weighted by Crippen LogP contribution is 2.52. The number of Topliss-reactive ketones (excluding diaryl/α,β-unsaturated/α-hetero) is 1. The minimum Gasteiger partial charge on any atom is -0.496 e. The molecule has 0 unspecified atom stereocenters. The van der Waals surface area contributed by atoms with Crippen molar-refractivity contribution in [1.82, 2.24) is 10.2 Å². The zero-order chi connectivity index (χ0) is 23.9. The van der Waals surface area contributed by atoms with Gasteiger partial charge in [-0.05, 0) is 19.3 Å². The van der Waals surface area contributed by atoms with Gasteiger partial charge in [-0.3, -0.25) is 19.3 Å². The summed E-state index contributed by atoms with van der Waals surface area (Å²) in [6.45, 7) is 3.57. The average molecular weight is 478 g/mol. The molecule has 1 saturated heterocycles. The van der Waals surface area contributed by atoms with Gasteiger partial charge in [0.15, 0.2) is 5.75 Å². The number of hydrogen-bond donors (Lipinski definition) is 2. The normalized spacial score (nSPS) is 25.5. The Morgan fingerprint density at radius 2 is 1.94 bits per heavy atom. The van der Waals surface area contributed by atoms with Crippen LogP contribution in [0.5, 0.6) is 17.2 Å². The SMILES string of the molecule is COc1cc(OC)c2c(c1Cl)O[C@@]1(C(=O)C=C(NC3CCN(CC(N)=O)CC3)C[C@H]1C)C2=O. The van der Waals surface area contributed by atoms with Gasteiger partial charge < -0.3 is 25.3 Å². The Labute approximate surface area is 197 Å². The third kappa shape index (κ3) is 3.93. The van der Waals surface area contributed by atoms with Crippen molar-refractivity contribution in [3.8, 4) is 17.2 Å². The number of primary amides is 1. The van der Waals surface area contributed by atoms with E-state index in [0.717, 1.165) is 31.6 Å². The van der Waals surface area contributed by atoms with Crippen molar-refractivity contribution in [2.45, 2.75) is 37.8 Å². The van der Waals surface area contributed by atoms with Crippen LogP contribution in [0.3, 0.4) is 0 Å². The van der Waals surface area contributed by atoms with Gasteiger partial charge in [-0.1, -0.05) is 18.5 Å². The van der Waals surface area contributed by atoms with Gasteiger partial charge >= 0.3 is 0 Å². The van der Waals surface area contributed by atoms with Gasteiger partial charge in [0.25, 0.3) is 0 Å². The number of carbonyl (C=O) groups excluding carboxylic acids is 3. The molecule has 1 aromatic rings. The van der Waals surface area contributed by atoms with E-state index in [1.165, 1.54) is 26.4 Å². The summed E-state index contributed by atoms with van der Waals surface area (Å²) in [5.74, 6) is -0.974. The summed E-state index contributed by atoms with van der Waals surface area (Å²) in [7, 11) is 2.89. The predicted octanol–water partition coefficient (Wildman–Crippen LogP) is 1.70. The van der Waals surface area contributed by atoms with E-state index in [1.54, 1.807) is 0 Å². The number of ketones is 2. The van der Waals surface area contributed by atoms with Crippen LogP contribution in [-0.2, 0) is 9.59 Å². The number of hydrogen-bond acceptors (Lipinski definition) is 8. The van der Waals surface area contributed by atoms with E-state index in [1.807, 2.05) is 11.8 Å². The first kappa shape index (κ1) is 23.4. The minimum atomic E-state index is -1.68. The van der Waals surface area contributed by atoms with Crippen molar-refractivity contribution in [1.29, 1.82) is 0 Å². The fraction of sp³-hybridized carbons (Fsp3) is 0.522. The van der Waals surface area contributed by atoms with E-state index in [9.17, 15) is 14.4 Å². The van der Waals surface area contributed by atoms with Crippen LogP contribution in [0.25, 0.3) is 0 Å². The first-order valence-electron chi connectivity index (χ1n) is 10.9. The molecule has 0 radical (unpaired) electrons. The molecule has 3 N–H and O–H groups in total. The van der Waals surface area contributed by atoms with Crippen molar-refractivity contribution in [3.63, 3.8) is 0 Å². The molecule has 4 rings (SSSR count). The molecule has 10 heteroatoms. The molecule has 2 heterocycles. The quantitative estimate of drug-likeness (QED) is 0.594. The van der Waals surface area contributed by atoms with Crippen LogP contribution in [-0.4, -0.2) is 67.9 Å². The van der Waals surface area contributed by atoms with Crippen LogP contribution < -0.4 is 25.3 Å². The maximum absolute atomic E-state index is 13.5. The summed E-state index contributed by atoms with van der Waals surface area (Å²) < 4.78 is 16.7. The molecule has 3 aliphatic rings. The molecule has 1 amide bonds. The molecular formula is C23H28ClN3O6. The predicted molar refractivity (Wildman–Crippen MR) is 121 cm³/mol. The van der Waals surface area contributed by atoms with Gasteiger partial charge in [-0.15, -0.1) is 0 Å². The number of nitrogens with two attached hydrogens (primary N) is 1. The van der Waals surface area contributed by atoms with Crippen molar-refractivity contribution in [3.05, 3.63) is 28.4 Å². The number of methoxy groups -OCH3 is 2. The molecule has 178 valence electrons. The molecule has 33 heavy (non-hydrogen) atoms. The van der Waals surface area contributed by atoms with Gasteiger partial charge in [0.1, 0.15) is 22.1 Å². The smallest absolute Gasteiger partial charge is 0.236 e. The van der Waals surface area contributed by atoms with Gasteiger partial charge in [0.05, 0.1) is 20.8 Å². The maximum Gasteiger partial charge on any atom is 0.236 e. The van der Waals surface area contributed by atoms with E-state index in [4.69, 9.17) is 31.5 Å². The second kappa shape index (κ2) is 8.87. The first-order valence-corrected chi connectivity index (χ1v) is 11.3. The molecule has 1 spiro atoms. The van der Waals surface area contributed by atoms with E-state index in [0.29, 0.717) is 12.2 Å². The molecule has 1 aromatic carbocycles. The number of rotatable bonds is 6. The van der Waals surface area contributed by atoms with Crippen LogP contribution in [0, 0.1) is 5.92 Å². The molecule has 9 nitrogen and oxygen atoms in total. The fourth-order valence-electron chi connectivity index (χ4n) is 4.95. The summed E-state index contributed by atoms with van der Waals surface area (Å²) in [5, 5.41) is 3.58. The number of piperidine rings is 1. The molecule has 1 fully saturated rings. The number of fused-ring (bicyclic) bond motifs is 1. The van der Waals surface area contributed by atoms with Crippen molar-refractivity contribution >= 4 is 29.1 Å². The number of nitrogens with one attached hydrogen (secondary N) is 1. The highest BCUT2D eigenvalue weighted by Gasteiger charge is 2.60. The monoisotopic (exact) mass is 477 g/mol. The lowest BCUT2D eigenvalue weighted by atomic mass is 9.74. The third-order valence-corrected chi connectivity index (χ3v) is 7.02. The number of nitrogens with zero attached hydrogens (tertiary/aromatic N) is 1. The van der Waals surface area contributed by atoms with Crippen LogP contribution >= 0.6 is 11.6 Å². The van der Waals surface area contributed by atoms with E-state index in [2.05, 4.69) is 5.32 Å². The van der Waals surface area contributed by atoms with Crippen molar-refractivity contribution in [2.24, 2.45) is 11.7 Å². The largest absolute Gasteiger partial charge is 0.496 e. The minimum absolute atomic E-state index is 0.115. The van der Waals surface area contributed by atoms with Gasteiger partial charge in [-0.2, -0.15) is 0 Å². The lowest BCUT2D eigenvalue weighted by Gasteiger charge is -2.37. The van der Waals surface area contributed by atoms with Crippen LogP contribution in [0.1, 0.15) is 36.5 Å². The van der Waals surface area contributed by atoms with Gasteiger partial charge in [0.2, 0.25) is 23.1 Å². The Morgan fingerprint density at radius 3 is 2.52 bits per heavy atom. The Bertz CT molecular complexity index is 1030. The molecule has 0 saturated carbocycles. The number of allylic oxidation sites excluding steroid dienone is 1. The summed E-state index contributed by atoms with van der Waals surface area (Å²) >= 11 is 6.42. The summed E-state index contributed by atoms with van der Waals surface area (Å²) in [6.07, 6.45) is 3.58. The van der Waals surface area contributed by atoms with Crippen LogP contribution in [0.4, 0.5) is 0 Å². The maximum atomic E-state index is 13.5. The lowest BCUT2D eigenvalue weighted by Crippen LogP contribution is -2.56. The number of benzene rings is 1. The topological polar surface area (TPSA) is 120 Å². The van der Waals surface area contributed by atoms with Gasteiger partial charge in [0, 0.05) is 42.9 Å². The summed E-state index contributed by atoms with van der Waals surface area (Å²) in [4.78, 5) is 40.0. The van der Waals surface area contributed by atoms with E-state index < -0.39 is 23.1 Å². The average Bonchev–Trinajstić information content (AvgIpc) is 3.09. The van der Waals surface area contributed by atoms with E-state index >= 15 is 0 Å². The second-order valence-electron chi connectivity index (χ2n) is 8.77. The number of carbonyl (C=O) groups is 3. The molecule has 2 atom stereocenters. The Balaban J connectivity index is 1.54. The lowest BCUT2D eigenvalue weighted by molar-refractivity contribution is -0.129. The van der Waals surface area contributed by atoms with Crippen LogP contribution in [0.2, 0.25) is 5.02 Å². The number of halogens is 1. The fourth-order valence-corrected chi connectivity index (χ4v) is 5.21. The Morgan fingerprint density at radius 1 is 1.27 bits per heavy atom. The number of ether oxygens (including phenoxy) is 3. The first-order chi connectivity index (χ1) is 15.7. The highest BCUT2D eigenvalue weighted by atomic mass is 35.5. The van der Waals surface area contributed by atoms with Crippen molar-refractivity contribution < 1.29 is 28.6 Å².